The Morgan fingerprint density at radius 1 is 1.04 bits per heavy atom. The topological polar surface area (TPSA) is 77.1 Å². The van der Waals surface area contributed by atoms with E-state index in [1.807, 2.05) is 25.1 Å². The van der Waals surface area contributed by atoms with Gasteiger partial charge in [-0.15, -0.1) is 0 Å². The van der Waals surface area contributed by atoms with Gasteiger partial charge in [0.15, 0.2) is 11.5 Å². The molecule has 0 aromatic heterocycles. The van der Waals surface area contributed by atoms with Crippen molar-refractivity contribution in [2.75, 3.05) is 38.2 Å². The van der Waals surface area contributed by atoms with Crippen molar-refractivity contribution >= 4 is 17.7 Å². The minimum atomic E-state index is -0.304. The zero-order valence-electron chi connectivity index (χ0n) is 17.2. The summed E-state index contributed by atoms with van der Waals surface area (Å²) in [5, 5.41) is 2.97. The lowest BCUT2D eigenvalue weighted by Gasteiger charge is -2.30. The van der Waals surface area contributed by atoms with E-state index in [-0.39, 0.29) is 17.9 Å². The molecule has 1 fully saturated rings. The van der Waals surface area contributed by atoms with Crippen molar-refractivity contribution in [1.82, 2.24) is 4.90 Å². The highest BCUT2D eigenvalue weighted by atomic mass is 16.6. The molecule has 156 valence electrons. The highest BCUT2D eigenvalue weighted by molar-refractivity contribution is 5.93. The van der Waals surface area contributed by atoms with Gasteiger partial charge in [0.1, 0.15) is 0 Å². The third-order valence-corrected chi connectivity index (χ3v) is 4.53. The van der Waals surface area contributed by atoms with Gasteiger partial charge in [0.25, 0.3) is 0 Å². The molecule has 0 radical (unpaired) electrons. The van der Waals surface area contributed by atoms with Crippen molar-refractivity contribution in [3.8, 4) is 11.5 Å². The Morgan fingerprint density at radius 2 is 1.68 bits per heavy atom. The van der Waals surface area contributed by atoms with Crippen LogP contribution >= 0.6 is 0 Å². The lowest BCUT2D eigenvalue weighted by Crippen LogP contribution is -2.41. The number of amides is 2. The van der Waals surface area contributed by atoms with Gasteiger partial charge in [0, 0.05) is 30.8 Å². The van der Waals surface area contributed by atoms with Crippen molar-refractivity contribution < 1.29 is 23.8 Å². The Balaban J connectivity index is 1.95. The van der Waals surface area contributed by atoms with Gasteiger partial charge in [-0.25, -0.2) is 4.79 Å². The molecule has 7 heteroatoms. The highest BCUT2D eigenvalue weighted by Gasteiger charge is 2.28. The lowest BCUT2D eigenvalue weighted by molar-refractivity contribution is -0.121. The molecule has 2 rings (SSSR count). The van der Waals surface area contributed by atoms with Crippen LogP contribution in [0.2, 0.25) is 0 Å². The van der Waals surface area contributed by atoms with E-state index in [0.717, 1.165) is 12.8 Å². The van der Waals surface area contributed by atoms with E-state index < -0.39 is 0 Å². The summed E-state index contributed by atoms with van der Waals surface area (Å²) in [5.41, 5.74) is 0.688. The molecule has 0 atom stereocenters. The molecule has 0 unspecified atom stereocenters. The smallest absolute Gasteiger partial charge is 0.409 e. The standard InChI is InChI=1S/C21H32N2O5/c1-4-13-27-18-8-7-17(15-19(18)28-14-5-2)22-20(24)16-9-11-23(12-10-16)21(25)26-6-3/h7-8,15-16H,4-6,9-14H2,1-3H3,(H,22,24). The molecule has 0 saturated carbocycles. The van der Waals surface area contributed by atoms with Crippen LogP contribution in [0.3, 0.4) is 0 Å². The number of piperidine rings is 1. The Hall–Kier alpha value is -2.44. The average molecular weight is 392 g/mol. The summed E-state index contributed by atoms with van der Waals surface area (Å²) >= 11 is 0. The summed E-state index contributed by atoms with van der Waals surface area (Å²) in [7, 11) is 0. The van der Waals surface area contributed by atoms with Crippen LogP contribution in [0.5, 0.6) is 11.5 Å². The molecule has 1 aliphatic rings. The van der Waals surface area contributed by atoms with Gasteiger partial charge in [-0.1, -0.05) is 13.8 Å². The van der Waals surface area contributed by atoms with Crippen LogP contribution in [0.15, 0.2) is 18.2 Å². The summed E-state index contributed by atoms with van der Waals surface area (Å²) < 4.78 is 16.5. The largest absolute Gasteiger partial charge is 0.490 e. The summed E-state index contributed by atoms with van der Waals surface area (Å²) in [6.07, 6.45) is 2.75. The third kappa shape index (κ3) is 6.32. The molecule has 28 heavy (non-hydrogen) atoms. The van der Waals surface area contributed by atoms with Crippen LogP contribution in [0, 0.1) is 5.92 Å². The van der Waals surface area contributed by atoms with E-state index in [4.69, 9.17) is 14.2 Å². The number of nitrogens with zero attached hydrogens (tertiary/aromatic N) is 1. The Kier molecular flexibility index (Phi) is 8.91. The summed E-state index contributed by atoms with van der Waals surface area (Å²) in [6.45, 7) is 8.51. The number of hydrogen-bond acceptors (Lipinski definition) is 5. The number of nitrogens with one attached hydrogen (secondary N) is 1. The second-order valence-electron chi connectivity index (χ2n) is 6.81. The SMILES string of the molecule is CCCOc1ccc(NC(=O)C2CCN(C(=O)OCC)CC2)cc1OCCC. The molecule has 1 saturated heterocycles. The van der Waals surface area contributed by atoms with Crippen LogP contribution < -0.4 is 14.8 Å². The Labute approximate surface area is 167 Å². The average Bonchev–Trinajstić information content (AvgIpc) is 2.71. The summed E-state index contributed by atoms with van der Waals surface area (Å²) in [4.78, 5) is 26.1. The van der Waals surface area contributed by atoms with E-state index in [2.05, 4.69) is 12.2 Å². The summed E-state index contributed by atoms with van der Waals surface area (Å²) in [5.74, 6) is 1.18. The van der Waals surface area contributed by atoms with Gasteiger partial charge in [-0.05, 0) is 44.7 Å². The van der Waals surface area contributed by atoms with Gasteiger partial charge >= 0.3 is 6.09 Å². The second kappa shape index (κ2) is 11.4. The zero-order valence-corrected chi connectivity index (χ0v) is 17.2. The molecule has 1 aromatic carbocycles. The highest BCUT2D eigenvalue weighted by Crippen LogP contribution is 2.31. The minimum absolute atomic E-state index is 0.0350. The number of hydrogen-bond donors (Lipinski definition) is 1. The molecule has 0 spiro atoms. The van der Waals surface area contributed by atoms with Crippen LogP contribution in [0.1, 0.15) is 46.5 Å². The van der Waals surface area contributed by atoms with Gasteiger partial charge in [-0.3, -0.25) is 4.79 Å². The first-order chi connectivity index (χ1) is 13.6. The van der Waals surface area contributed by atoms with Gasteiger partial charge in [0.2, 0.25) is 5.91 Å². The lowest BCUT2D eigenvalue weighted by atomic mass is 9.96. The maximum atomic E-state index is 12.6. The van der Waals surface area contributed by atoms with Crippen molar-refractivity contribution in [3.63, 3.8) is 0 Å². The number of anilines is 1. The number of carbonyl (C=O) groups is 2. The van der Waals surface area contributed by atoms with Crippen LogP contribution in [0.4, 0.5) is 10.5 Å². The van der Waals surface area contributed by atoms with Crippen molar-refractivity contribution in [2.45, 2.75) is 46.5 Å². The van der Waals surface area contributed by atoms with Crippen molar-refractivity contribution in [2.24, 2.45) is 5.92 Å². The first-order valence-electron chi connectivity index (χ1n) is 10.2. The van der Waals surface area contributed by atoms with E-state index in [9.17, 15) is 9.59 Å². The molecular formula is C21H32N2O5. The normalized spacial score (nSPS) is 14.5. The zero-order chi connectivity index (χ0) is 20.4. The first-order valence-corrected chi connectivity index (χ1v) is 10.2. The number of likely N-dealkylation sites (tertiary alicyclic amines) is 1. The Morgan fingerprint density at radius 3 is 2.29 bits per heavy atom. The predicted octanol–water partition coefficient (Wildman–Crippen LogP) is 4.07. The molecule has 7 nitrogen and oxygen atoms in total. The fourth-order valence-corrected chi connectivity index (χ4v) is 3.03. The minimum Gasteiger partial charge on any atom is -0.490 e. The van der Waals surface area contributed by atoms with Gasteiger partial charge in [-0.2, -0.15) is 0 Å². The molecule has 1 N–H and O–H groups in total. The molecule has 2 amide bonds. The molecule has 1 aliphatic heterocycles. The van der Waals surface area contributed by atoms with Gasteiger partial charge < -0.3 is 24.4 Å². The first kappa shape index (κ1) is 21.9. The second-order valence-corrected chi connectivity index (χ2v) is 6.81. The molecular weight excluding hydrogens is 360 g/mol. The van der Waals surface area contributed by atoms with E-state index >= 15 is 0 Å². The molecule has 0 aliphatic carbocycles. The fraction of sp³-hybridized carbons (Fsp3) is 0.619. The number of ether oxygens (including phenoxy) is 3. The number of rotatable bonds is 9. The third-order valence-electron chi connectivity index (χ3n) is 4.53. The van der Waals surface area contributed by atoms with E-state index in [0.29, 0.717) is 62.9 Å². The monoisotopic (exact) mass is 392 g/mol. The number of carbonyl (C=O) groups excluding carboxylic acids is 2. The fourth-order valence-electron chi connectivity index (χ4n) is 3.03. The molecule has 1 aromatic rings. The van der Waals surface area contributed by atoms with Crippen LogP contribution in [-0.4, -0.2) is 49.8 Å². The van der Waals surface area contributed by atoms with Crippen LogP contribution in [0.25, 0.3) is 0 Å². The maximum Gasteiger partial charge on any atom is 0.409 e. The number of benzene rings is 1. The van der Waals surface area contributed by atoms with E-state index in [1.165, 1.54) is 0 Å². The maximum absolute atomic E-state index is 12.6. The van der Waals surface area contributed by atoms with Crippen molar-refractivity contribution in [3.05, 3.63) is 18.2 Å². The summed E-state index contributed by atoms with van der Waals surface area (Å²) in [6, 6.07) is 5.47. The molecule has 1 heterocycles. The van der Waals surface area contributed by atoms with E-state index in [1.54, 1.807) is 11.8 Å². The molecule has 0 bridgehead atoms. The van der Waals surface area contributed by atoms with Crippen molar-refractivity contribution in [1.29, 1.82) is 0 Å². The van der Waals surface area contributed by atoms with Crippen LogP contribution in [-0.2, 0) is 9.53 Å². The predicted molar refractivity (Wildman–Crippen MR) is 108 cm³/mol. The Bertz CT molecular complexity index is 642. The van der Waals surface area contributed by atoms with Gasteiger partial charge in [0.05, 0.1) is 19.8 Å². The quantitative estimate of drug-likeness (QED) is 0.685.